The van der Waals surface area contributed by atoms with E-state index in [1.165, 1.54) is 28.2 Å². The molecule has 5 rings (SSSR count). The summed E-state index contributed by atoms with van der Waals surface area (Å²) in [6, 6.07) is 8.44. The normalized spacial score (nSPS) is 21.8. The maximum Gasteiger partial charge on any atom is 0.259 e. The van der Waals surface area contributed by atoms with Gasteiger partial charge >= 0.3 is 0 Å². The molecule has 2 atom stereocenters. The number of quaternary nitrogens is 1. The van der Waals surface area contributed by atoms with Gasteiger partial charge in [-0.1, -0.05) is 0 Å². The van der Waals surface area contributed by atoms with E-state index in [9.17, 15) is 4.79 Å². The van der Waals surface area contributed by atoms with Crippen LogP contribution in [0.4, 0.5) is 0 Å². The second kappa shape index (κ2) is 7.22. The van der Waals surface area contributed by atoms with E-state index in [0.29, 0.717) is 19.3 Å². The lowest BCUT2D eigenvalue weighted by Crippen LogP contribution is -3.09. The lowest BCUT2D eigenvalue weighted by atomic mass is 10.0. The molecule has 3 aromatic rings. The average molecular weight is 399 g/mol. The molecule has 1 fully saturated rings. The molecular formula is C21H24N3O3S+. The molecule has 6 nitrogen and oxygen atoms in total. The highest BCUT2D eigenvalue weighted by Gasteiger charge is 2.31. The van der Waals surface area contributed by atoms with Crippen molar-refractivity contribution in [3.05, 3.63) is 57.0 Å². The first-order valence-electron chi connectivity index (χ1n) is 9.90. The monoisotopic (exact) mass is 398 g/mol. The van der Waals surface area contributed by atoms with E-state index in [1.54, 1.807) is 10.5 Å². The van der Waals surface area contributed by atoms with Crippen LogP contribution >= 0.6 is 11.3 Å². The van der Waals surface area contributed by atoms with Crippen LogP contribution in [-0.4, -0.2) is 29.1 Å². The predicted octanol–water partition coefficient (Wildman–Crippen LogP) is 2.15. The Kier molecular flexibility index (Phi) is 4.56. The molecule has 28 heavy (non-hydrogen) atoms. The van der Waals surface area contributed by atoms with Gasteiger partial charge in [-0.3, -0.25) is 9.20 Å². The van der Waals surface area contributed by atoms with Crippen molar-refractivity contribution in [3.8, 4) is 11.5 Å². The lowest BCUT2D eigenvalue weighted by molar-refractivity contribution is -0.932. The molecule has 2 aliphatic rings. The molecule has 2 aromatic heterocycles. The van der Waals surface area contributed by atoms with Crippen molar-refractivity contribution in [2.45, 2.75) is 38.8 Å². The van der Waals surface area contributed by atoms with Gasteiger partial charge in [0.25, 0.3) is 5.56 Å². The summed E-state index contributed by atoms with van der Waals surface area (Å²) in [6.45, 7) is 5.20. The largest absolute Gasteiger partial charge is 0.490 e. The van der Waals surface area contributed by atoms with Gasteiger partial charge in [-0.15, -0.1) is 11.3 Å². The van der Waals surface area contributed by atoms with Gasteiger partial charge in [0.05, 0.1) is 19.8 Å². The highest BCUT2D eigenvalue weighted by molar-refractivity contribution is 7.15. The summed E-state index contributed by atoms with van der Waals surface area (Å²) in [7, 11) is 0. The zero-order valence-electron chi connectivity index (χ0n) is 15.9. The van der Waals surface area contributed by atoms with Crippen LogP contribution in [-0.2, 0) is 6.54 Å². The summed E-state index contributed by atoms with van der Waals surface area (Å²) in [6.07, 6.45) is 3.22. The number of nitrogens with zero attached hydrogens (tertiary/aromatic N) is 2. The highest BCUT2D eigenvalue weighted by Crippen LogP contribution is 2.33. The summed E-state index contributed by atoms with van der Waals surface area (Å²) in [5.41, 5.74) is 3.12. The number of thiazole rings is 1. The number of benzene rings is 1. The number of nitrogens with one attached hydrogen (secondary N) is 1. The molecule has 146 valence electrons. The smallest absolute Gasteiger partial charge is 0.259 e. The quantitative estimate of drug-likeness (QED) is 0.735. The molecule has 0 bridgehead atoms. The highest BCUT2D eigenvalue weighted by atomic mass is 32.1. The summed E-state index contributed by atoms with van der Waals surface area (Å²) >= 11 is 1.53. The fraction of sp³-hybridized carbons (Fsp3) is 0.429. The van der Waals surface area contributed by atoms with Crippen molar-refractivity contribution in [1.29, 1.82) is 0 Å². The Morgan fingerprint density at radius 3 is 2.96 bits per heavy atom. The Labute approximate surface area is 167 Å². The lowest BCUT2D eigenvalue weighted by Gasteiger charge is -2.22. The van der Waals surface area contributed by atoms with Crippen molar-refractivity contribution in [1.82, 2.24) is 9.38 Å². The minimum absolute atomic E-state index is 0.0180. The molecule has 0 amide bonds. The van der Waals surface area contributed by atoms with E-state index in [4.69, 9.17) is 14.5 Å². The van der Waals surface area contributed by atoms with Gasteiger partial charge < -0.3 is 14.4 Å². The van der Waals surface area contributed by atoms with Gasteiger partial charge in [0, 0.05) is 42.0 Å². The van der Waals surface area contributed by atoms with Crippen LogP contribution in [0.5, 0.6) is 11.5 Å². The minimum Gasteiger partial charge on any atom is -0.490 e. The Hall–Kier alpha value is -2.38. The van der Waals surface area contributed by atoms with Gasteiger partial charge in [-0.2, -0.15) is 0 Å². The predicted molar refractivity (Wildman–Crippen MR) is 108 cm³/mol. The van der Waals surface area contributed by atoms with Crippen LogP contribution in [0.15, 0.2) is 34.4 Å². The average Bonchev–Trinajstić information content (AvgIpc) is 3.21. The third-order valence-corrected chi connectivity index (χ3v) is 6.64. The van der Waals surface area contributed by atoms with Crippen molar-refractivity contribution in [3.63, 3.8) is 0 Å². The first-order chi connectivity index (χ1) is 13.7. The van der Waals surface area contributed by atoms with Gasteiger partial charge in [0.2, 0.25) is 0 Å². The van der Waals surface area contributed by atoms with Crippen LogP contribution in [0.25, 0.3) is 4.96 Å². The van der Waals surface area contributed by atoms with E-state index in [2.05, 4.69) is 12.1 Å². The van der Waals surface area contributed by atoms with Crippen LogP contribution in [0, 0.1) is 6.92 Å². The van der Waals surface area contributed by atoms with Gasteiger partial charge in [0.1, 0.15) is 18.3 Å². The van der Waals surface area contributed by atoms with Crippen LogP contribution in [0.1, 0.15) is 42.3 Å². The minimum atomic E-state index is 0.0180. The number of likely N-dealkylation sites (tertiary alicyclic amines) is 1. The molecule has 1 unspecified atom stereocenters. The van der Waals surface area contributed by atoms with Crippen LogP contribution in [0.3, 0.4) is 0 Å². The maximum atomic E-state index is 12.5. The molecule has 1 N–H and O–H groups in total. The maximum absolute atomic E-state index is 12.5. The van der Waals surface area contributed by atoms with Crippen molar-refractivity contribution in [2.75, 3.05) is 19.8 Å². The van der Waals surface area contributed by atoms with Gasteiger partial charge in [-0.05, 0) is 25.1 Å². The Morgan fingerprint density at radius 1 is 1.21 bits per heavy atom. The van der Waals surface area contributed by atoms with Gasteiger partial charge in [0.15, 0.2) is 16.5 Å². The van der Waals surface area contributed by atoms with Crippen molar-refractivity contribution in [2.24, 2.45) is 0 Å². The molecular weight excluding hydrogens is 374 g/mol. The van der Waals surface area contributed by atoms with E-state index >= 15 is 0 Å². The summed E-state index contributed by atoms with van der Waals surface area (Å²) in [5, 5.41) is 1.98. The zero-order valence-corrected chi connectivity index (χ0v) is 16.8. The Bertz CT molecular complexity index is 1070. The van der Waals surface area contributed by atoms with Crippen molar-refractivity contribution < 1.29 is 14.4 Å². The fourth-order valence-corrected chi connectivity index (χ4v) is 5.24. The Balaban J connectivity index is 1.42. The fourth-order valence-electron chi connectivity index (χ4n) is 4.35. The second-order valence-corrected chi connectivity index (χ2v) is 8.45. The molecule has 0 aliphatic carbocycles. The third-order valence-electron chi connectivity index (χ3n) is 5.69. The summed E-state index contributed by atoms with van der Waals surface area (Å²) < 4.78 is 13.3. The van der Waals surface area contributed by atoms with Crippen LogP contribution in [0.2, 0.25) is 0 Å². The van der Waals surface area contributed by atoms with E-state index in [-0.39, 0.29) is 5.56 Å². The number of aryl methyl sites for hydroxylation is 1. The molecule has 1 saturated heterocycles. The molecule has 0 saturated carbocycles. The summed E-state index contributed by atoms with van der Waals surface area (Å²) in [4.78, 5) is 19.5. The second-order valence-electron chi connectivity index (χ2n) is 7.62. The molecule has 1 aromatic carbocycles. The number of hydrogen-bond donors (Lipinski definition) is 1. The van der Waals surface area contributed by atoms with Gasteiger partial charge in [-0.25, -0.2) is 4.98 Å². The first-order valence-corrected chi connectivity index (χ1v) is 10.8. The number of fused-ring (bicyclic) bond motifs is 2. The number of rotatable bonds is 3. The van der Waals surface area contributed by atoms with E-state index in [1.807, 2.05) is 18.4 Å². The number of aromatic nitrogens is 2. The van der Waals surface area contributed by atoms with E-state index < -0.39 is 0 Å². The number of ether oxygens (including phenoxy) is 2. The van der Waals surface area contributed by atoms with Crippen molar-refractivity contribution >= 4 is 16.3 Å². The summed E-state index contributed by atoms with van der Waals surface area (Å²) in [5.74, 6) is 1.70. The topological polar surface area (TPSA) is 57.3 Å². The zero-order chi connectivity index (χ0) is 19.1. The molecule has 0 radical (unpaired) electrons. The third kappa shape index (κ3) is 3.18. The molecule has 0 spiro atoms. The molecule has 4 heterocycles. The SMILES string of the molecule is Cc1csc2nc(C[NH+]3CCC[C@H]3c3ccc4c(c3)OCCCO4)cc(=O)n12. The molecule has 2 aliphatic heterocycles. The first kappa shape index (κ1) is 17.7. The molecule has 7 heteroatoms. The number of hydrogen-bond acceptors (Lipinski definition) is 5. The Morgan fingerprint density at radius 2 is 2.07 bits per heavy atom. The van der Waals surface area contributed by atoms with E-state index in [0.717, 1.165) is 53.8 Å². The van der Waals surface area contributed by atoms with Crippen LogP contribution < -0.4 is 19.9 Å². The standard InChI is InChI=1S/C21H23N3O3S/c1-14-13-28-21-22-16(11-20(25)24(14)21)12-23-7-2-4-17(23)15-5-6-18-19(10-15)27-9-3-8-26-18/h5-6,10-11,13,17H,2-4,7-9,12H2,1H3/p+1/t17-/m0/s1.